The van der Waals surface area contributed by atoms with E-state index in [1.54, 1.807) is 0 Å². The van der Waals surface area contributed by atoms with Crippen molar-refractivity contribution in [2.45, 2.75) is 135 Å². The van der Waals surface area contributed by atoms with Gasteiger partial charge in [0.2, 0.25) is 17.8 Å². The van der Waals surface area contributed by atoms with Crippen molar-refractivity contribution in [2.75, 3.05) is 19.8 Å². The second-order valence-corrected chi connectivity index (χ2v) is 24.8. The molecule has 4 saturated carbocycles. The number of benzene rings is 3. The van der Waals surface area contributed by atoms with Crippen molar-refractivity contribution in [3.05, 3.63) is 52.6 Å². The molecule has 14 N–H and O–H groups in total. The lowest BCUT2D eigenvalue weighted by Gasteiger charge is -2.71. The van der Waals surface area contributed by atoms with Gasteiger partial charge in [0.25, 0.3) is 0 Å². The number of fused-ring (bicyclic) bond motifs is 11. The molecule has 7 aliphatic rings. The summed E-state index contributed by atoms with van der Waals surface area (Å²) in [5, 5.41) is 152. The first-order valence-corrected chi connectivity index (χ1v) is 26.7. The summed E-state index contributed by atoms with van der Waals surface area (Å²) in [6, 6.07) is 2.99. The molecule has 1 spiro atoms. The molecule has 0 amide bonds. The largest absolute Gasteiger partial charge is 0.504 e. The Hall–Kier alpha value is -6.76. The Balaban J connectivity index is 0.980. The topological polar surface area (TPSA) is 398 Å². The van der Waals surface area contributed by atoms with E-state index < -0.39 is 205 Å². The van der Waals surface area contributed by atoms with E-state index in [4.69, 9.17) is 23.7 Å². The number of esters is 4. The van der Waals surface area contributed by atoms with Gasteiger partial charge in [-0.15, -0.1) is 0 Å². The first-order chi connectivity index (χ1) is 37.4. The zero-order valence-corrected chi connectivity index (χ0v) is 44.6. The molecule has 2 heterocycles. The zero-order chi connectivity index (χ0) is 58.3. The van der Waals surface area contributed by atoms with Crippen LogP contribution in [0.4, 0.5) is 0 Å². The highest BCUT2D eigenvalue weighted by molar-refractivity contribution is 6.08. The van der Waals surface area contributed by atoms with E-state index in [1.165, 1.54) is 0 Å². The first-order valence-electron chi connectivity index (χ1n) is 26.7. The molecule has 23 nitrogen and oxygen atoms in total. The van der Waals surface area contributed by atoms with Gasteiger partial charge < -0.3 is 95.2 Å². The highest BCUT2D eigenvalue weighted by atomic mass is 16.7. The van der Waals surface area contributed by atoms with Gasteiger partial charge in [-0.2, -0.15) is 0 Å². The van der Waals surface area contributed by atoms with Gasteiger partial charge in [-0.25, -0.2) is 14.4 Å². The van der Waals surface area contributed by atoms with E-state index in [-0.39, 0.29) is 24.2 Å². The van der Waals surface area contributed by atoms with E-state index in [0.29, 0.717) is 57.1 Å². The summed E-state index contributed by atoms with van der Waals surface area (Å²) >= 11 is 0. The van der Waals surface area contributed by atoms with Crippen molar-refractivity contribution in [1.29, 1.82) is 0 Å². The molecule has 5 fully saturated rings. The highest BCUT2D eigenvalue weighted by Gasteiger charge is 2.72. The Bertz CT molecular complexity index is 3010. The summed E-state index contributed by atoms with van der Waals surface area (Å²) < 4.78 is 29.3. The molecular weight excluding hydrogens is 1050 g/mol. The zero-order valence-electron chi connectivity index (χ0n) is 44.6. The van der Waals surface area contributed by atoms with Crippen LogP contribution >= 0.6 is 0 Å². The predicted molar refractivity (Wildman–Crippen MR) is 272 cm³/mol. The average Bonchev–Trinajstić information content (AvgIpc) is 3.27. The number of cyclic esters (lactones) is 2. The van der Waals surface area contributed by atoms with Crippen molar-refractivity contribution >= 4 is 23.9 Å². The third-order valence-corrected chi connectivity index (χ3v) is 20.3. The fourth-order valence-electron chi connectivity index (χ4n) is 15.9. The van der Waals surface area contributed by atoms with Gasteiger partial charge >= 0.3 is 23.9 Å². The quantitative estimate of drug-likeness (QED) is 0.0731. The highest BCUT2D eigenvalue weighted by Crippen LogP contribution is 2.76. The minimum atomic E-state index is -2.01. The van der Waals surface area contributed by atoms with Gasteiger partial charge in [0, 0.05) is 11.1 Å². The van der Waals surface area contributed by atoms with Crippen LogP contribution in [-0.2, 0) is 28.5 Å². The lowest BCUT2D eigenvalue weighted by Crippen LogP contribution is -2.70. The van der Waals surface area contributed by atoms with Crippen LogP contribution in [0.3, 0.4) is 0 Å². The Morgan fingerprint density at radius 3 is 1.76 bits per heavy atom. The normalized spacial score (nSPS) is 36.1. The Kier molecular flexibility index (Phi) is 13.6. The molecule has 0 bridgehead atoms. The maximum Gasteiger partial charge on any atom is 0.339 e. The third kappa shape index (κ3) is 8.18. The van der Waals surface area contributed by atoms with Crippen LogP contribution in [0.1, 0.15) is 123 Å². The molecule has 3 aromatic rings. The molecule has 10 rings (SSSR count). The van der Waals surface area contributed by atoms with Crippen molar-refractivity contribution in [3.63, 3.8) is 0 Å². The molecule has 14 unspecified atom stereocenters. The van der Waals surface area contributed by atoms with Gasteiger partial charge in [-0.1, -0.05) is 46.3 Å². The summed E-state index contributed by atoms with van der Waals surface area (Å²) in [6.45, 7) is 8.30. The van der Waals surface area contributed by atoms with Crippen LogP contribution in [0.2, 0.25) is 0 Å². The van der Waals surface area contributed by atoms with Crippen molar-refractivity contribution in [3.8, 4) is 62.9 Å². The number of aliphatic hydroxyl groups is 5. The SMILES string of the molecule is CC1(C)CCC2(C(=O)OC3OC(CO)C(O)C(OC(=O)c4cc(O)c(O)c(O)c4)C3O)CCC3(C)C(=CCC4C5(C)CC(O)C(O)C6(COC(=O)c7cc(O)c(O)c(O)c7-c7c(cc(O)c(O)c7O)C(=O)OC6)C5CCC43C)C2C1. The fraction of sp³-hybridized carbons (Fsp3) is 0.579. The number of aromatic hydroxyl groups is 9. The van der Waals surface area contributed by atoms with E-state index in [9.17, 15) is 85.9 Å². The average molecular weight is 1120 g/mol. The third-order valence-electron chi connectivity index (χ3n) is 20.3. The smallest absolute Gasteiger partial charge is 0.339 e. The lowest BCUT2D eigenvalue weighted by molar-refractivity contribution is -0.297. The number of allylic oxidation sites excluding steroid dienone is 2. The van der Waals surface area contributed by atoms with Crippen LogP contribution in [0, 0.1) is 50.2 Å². The molecule has 1 saturated heterocycles. The van der Waals surface area contributed by atoms with E-state index in [1.807, 2.05) is 6.92 Å². The van der Waals surface area contributed by atoms with Gasteiger partial charge in [-0.05, 0) is 121 Å². The molecule has 3 aromatic carbocycles. The molecular formula is C57H68O23. The van der Waals surface area contributed by atoms with Crippen molar-refractivity contribution < 1.29 is 114 Å². The molecule has 80 heavy (non-hydrogen) atoms. The minimum Gasteiger partial charge on any atom is -0.504 e. The molecule has 0 radical (unpaired) electrons. The maximum absolute atomic E-state index is 15.2. The lowest BCUT2D eigenvalue weighted by atomic mass is 9.33. The number of rotatable bonds is 5. The summed E-state index contributed by atoms with van der Waals surface area (Å²) in [5.74, 6) is -15.3. The van der Waals surface area contributed by atoms with Crippen LogP contribution in [0.15, 0.2) is 35.9 Å². The van der Waals surface area contributed by atoms with E-state index in [2.05, 4.69) is 33.8 Å². The molecule has 23 heteroatoms. The summed E-state index contributed by atoms with van der Waals surface area (Å²) in [5.41, 5.74) is -7.83. The summed E-state index contributed by atoms with van der Waals surface area (Å²) in [6.07, 6.45) is -6.73. The van der Waals surface area contributed by atoms with Gasteiger partial charge in [0.15, 0.2) is 52.5 Å². The Morgan fingerprint density at radius 2 is 1.20 bits per heavy atom. The number of phenolic OH excluding ortho intramolecular Hbond substituents is 9. The molecule has 5 aliphatic carbocycles. The molecule has 14 atom stereocenters. The summed E-state index contributed by atoms with van der Waals surface area (Å²) in [7, 11) is 0. The van der Waals surface area contributed by atoms with Gasteiger partial charge in [-0.3, -0.25) is 4.79 Å². The fourth-order valence-corrected chi connectivity index (χ4v) is 15.9. The van der Waals surface area contributed by atoms with Gasteiger partial charge in [0.1, 0.15) is 25.4 Å². The standard InChI is InChI=1S/C57H68O23/c1-52(2)10-12-56(51(75)80-50-44(70)45(41(67)33(20-58)78-50)79-47(72)23-14-28(59)38(64)29(60)15-23)13-11-54(4)26(27(56)18-52)6-7-34-53(3)19-32(63)46(71)57(35(53)8-9-55(34,54)5)21-76-48(73)24-16-30(61)39(65)42(68)36(24)37-25(49(74)77-22-57)17-31(62)40(66)43(37)69/h6,14-17,27,32-35,41,44-46,50,58-71H,7-13,18-22H2,1-5H3. The van der Waals surface area contributed by atoms with Crippen LogP contribution < -0.4 is 0 Å². The molecule has 2 aliphatic heterocycles. The van der Waals surface area contributed by atoms with Crippen molar-refractivity contribution in [2.24, 2.45) is 50.2 Å². The molecule has 0 aromatic heterocycles. The number of hydrogen-bond acceptors (Lipinski definition) is 23. The Labute approximate surface area is 457 Å². The maximum atomic E-state index is 15.2. The van der Waals surface area contributed by atoms with Crippen LogP contribution in [-0.4, -0.2) is 158 Å². The second-order valence-electron chi connectivity index (χ2n) is 24.8. The minimum absolute atomic E-state index is 0.0475. The monoisotopic (exact) mass is 1120 g/mol. The predicted octanol–water partition coefficient (Wildman–Crippen LogP) is 4.33. The van der Waals surface area contributed by atoms with Gasteiger partial charge in [0.05, 0.1) is 46.3 Å². The number of carbonyl (C=O) groups is 4. The number of carbonyl (C=O) groups excluding carboxylic acids is 4. The number of hydrogen-bond donors (Lipinski definition) is 14. The Morgan fingerprint density at radius 1 is 0.650 bits per heavy atom. The van der Waals surface area contributed by atoms with Crippen LogP contribution in [0.25, 0.3) is 11.1 Å². The van der Waals surface area contributed by atoms with E-state index >= 15 is 4.79 Å². The second kappa shape index (κ2) is 19.2. The van der Waals surface area contributed by atoms with Crippen molar-refractivity contribution in [1.82, 2.24) is 0 Å². The summed E-state index contributed by atoms with van der Waals surface area (Å²) in [4.78, 5) is 57.2. The molecule has 434 valence electrons. The number of aliphatic hydroxyl groups excluding tert-OH is 5. The number of ether oxygens (including phenoxy) is 5. The van der Waals surface area contributed by atoms with E-state index in [0.717, 1.165) is 17.7 Å². The van der Waals surface area contributed by atoms with Crippen LogP contribution in [0.5, 0.6) is 51.7 Å². The number of phenols is 9. The first kappa shape index (κ1) is 56.5.